The molecular formula is C22H32N2O4. The summed E-state index contributed by atoms with van der Waals surface area (Å²) in [7, 11) is 3.25. The molecule has 1 heterocycles. The van der Waals surface area contributed by atoms with Gasteiger partial charge in [-0.05, 0) is 30.9 Å². The van der Waals surface area contributed by atoms with Gasteiger partial charge in [-0.1, -0.05) is 37.6 Å². The van der Waals surface area contributed by atoms with Crippen LogP contribution in [0.5, 0.6) is 0 Å². The maximum Gasteiger partial charge on any atom is 0.277 e. The van der Waals surface area contributed by atoms with Crippen molar-refractivity contribution in [3.63, 3.8) is 0 Å². The van der Waals surface area contributed by atoms with Crippen molar-refractivity contribution in [1.29, 1.82) is 0 Å². The van der Waals surface area contributed by atoms with Gasteiger partial charge in [-0.3, -0.25) is 14.5 Å². The summed E-state index contributed by atoms with van der Waals surface area (Å²) in [6, 6.07) is 5.96. The second kappa shape index (κ2) is 9.85. The molecule has 0 radical (unpaired) electrons. The average Bonchev–Trinajstić information content (AvgIpc) is 2.86. The number of nitrogens with zero attached hydrogens (tertiary/aromatic N) is 2. The molecule has 6 heteroatoms. The Morgan fingerprint density at radius 1 is 1.00 bits per heavy atom. The van der Waals surface area contributed by atoms with Crippen LogP contribution in [-0.4, -0.2) is 68.7 Å². The van der Waals surface area contributed by atoms with Crippen LogP contribution in [-0.2, 0) is 19.1 Å². The molecule has 0 spiro atoms. The van der Waals surface area contributed by atoms with E-state index in [1.165, 1.54) is 4.90 Å². The number of carbonyl (C=O) groups is 2. The van der Waals surface area contributed by atoms with Crippen molar-refractivity contribution in [2.24, 2.45) is 5.92 Å². The quantitative estimate of drug-likeness (QED) is 0.577. The van der Waals surface area contributed by atoms with Crippen molar-refractivity contribution in [3.05, 3.63) is 40.6 Å². The van der Waals surface area contributed by atoms with Gasteiger partial charge < -0.3 is 14.4 Å². The zero-order valence-electron chi connectivity index (χ0n) is 17.9. The molecule has 154 valence electrons. The Hall–Kier alpha value is -2.18. The predicted molar refractivity (Wildman–Crippen MR) is 110 cm³/mol. The van der Waals surface area contributed by atoms with Crippen LogP contribution >= 0.6 is 0 Å². The summed E-state index contributed by atoms with van der Waals surface area (Å²) in [5.74, 6) is -0.264. The van der Waals surface area contributed by atoms with E-state index < -0.39 is 0 Å². The molecule has 1 aliphatic heterocycles. The van der Waals surface area contributed by atoms with Gasteiger partial charge in [0.15, 0.2) is 0 Å². The fourth-order valence-electron chi connectivity index (χ4n) is 3.46. The third-order valence-corrected chi connectivity index (χ3v) is 4.79. The summed E-state index contributed by atoms with van der Waals surface area (Å²) in [5, 5.41) is 0. The number of methoxy groups -OCH3 is 2. The number of benzene rings is 1. The molecule has 0 N–H and O–H groups in total. The van der Waals surface area contributed by atoms with E-state index in [1.54, 1.807) is 14.2 Å². The number of aryl methyl sites for hydroxylation is 2. The summed E-state index contributed by atoms with van der Waals surface area (Å²) >= 11 is 0. The summed E-state index contributed by atoms with van der Waals surface area (Å²) < 4.78 is 10.5. The van der Waals surface area contributed by atoms with Gasteiger partial charge in [-0.15, -0.1) is 0 Å². The second-order valence-corrected chi connectivity index (χ2v) is 7.63. The number of hydrogen-bond acceptors (Lipinski definition) is 5. The van der Waals surface area contributed by atoms with Crippen LogP contribution in [0.1, 0.15) is 30.5 Å². The number of amides is 2. The van der Waals surface area contributed by atoms with E-state index in [4.69, 9.17) is 9.47 Å². The minimum absolute atomic E-state index is 0.194. The molecule has 0 fully saturated rings. The Morgan fingerprint density at radius 3 is 2.11 bits per heavy atom. The minimum atomic E-state index is -0.235. The lowest BCUT2D eigenvalue weighted by molar-refractivity contribution is -0.138. The van der Waals surface area contributed by atoms with Crippen molar-refractivity contribution in [2.75, 3.05) is 47.1 Å². The van der Waals surface area contributed by atoms with E-state index in [9.17, 15) is 9.59 Å². The van der Waals surface area contributed by atoms with Gasteiger partial charge in [0.05, 0.1) is 18.8 Å². The maximum atomic E-state index is 13.3. The van der Waals surface area contributed by atoms with Crippen molar-refractivity contribution >= 4 is 17.4 Å². The molecule has 0 saturated heterocycles. The molecule has 1 aromatic carbocycles. The largest absolute Gasteiger partial charge is 0.383 e. The van der Waals surface area contributed by atoms with Crippen LogP contribution in [0.4, 0.5) is 0 Å². The zero-order valence-corrected chi connectivity index (χ0v) is 17.9. The molecule has 6 nitrogen and oxygen atoms in total. The van der Waals surface area contributed by atoms with Crippen molar-refractivity contribution in [3.8, 4) is 0 Å². The third-order valence-electron chi connectivity index (χ3n) is 4.79. The highest BCUT2D eigenvalue weighted by molar-refractivity contribution is 6.35. The Kier molecular flexibility index (Phi) is 7.78. The number of imide groups is 1. The first-order chi connectivity index (χ1) is 13.3. The fourth-order valence-corrected chi connectivity index (χ4v) is 3.46. The average molecular weight is 389 g/mol. The highest BCUT2D eigenvalue weighted by atomic mass is 16.5. The molecule has 0 atom stereocenters. The van der Waals surface area contributed by atoms with Gasteiger partial charge in [-0.25, -0.2) is 0 Å². The molecule has 2 rings (SSSR count). The zero-order chi connectivity index (χ0) is 20.8. The van der Waals surface area contributed by atoms with Crippen molar-refractivity contribution in [1.82, 2.24) is 9.80 Å². The third kappa shape index (κ3) is 4.80. The first-order valence-electron chi connectivity index (χ1n) is 9.72. The van der Waals surface area contributed by atoms with Crippen LogP contribution in [0.15, 0.2) is 23.9 Å². The highest BCUT2D eigenvalue weighted by Gasteiger charge is 2.41. The van der Waals surface area contributed by atoms with Gasteiger partial charge in [0, 0.05) is 33.9 Å². The topological polar surface area (TPSA) is 59.1 Å². The molecule has 0 aliphatic carbocycles. The minimum Gasteiger partial charge on any atom is -0.383 e. The molecule has 1 aromatic rings. The van der Waals surface area contributed by atoms with E-state index >= 15 is 0 Å². The maximum absolute atomic E-state index is 13.3. The van der Waals surface area contributed by atoms with E-state index in [0.717, 1.165) is 16.7 Å². The monoisotopic (exact) mass is 388 g/mol. The lowest BCUT2D eigenvalue weighted by Gasteiger charge is -2.26. The molecular weight excluding hydrogens is 356 g/mol. The molecule has 0 saturated carbocycles. The van der Waals surface area contributed by atoms with Gasteiger partial charge in [0.25, 0.3) is 11.8 Å². The molecule has 2 amide bonds. The van der Waals surface area contributed by atoms with Crippen LogP contribution in [0, 0.1) is 19.8 Å². The molecule has 0 aromatic heterocycles. The first-order valence-corrected chi connectivity index (χ1v) is 9.72. The SMILES string of the molecule is COCCN(CCOC)C1=C(c2ccc(C)cc2C)C(=O)N(CC(C)C)C1=O. The normalized spacial score (nSPS) is 14.6. The van der Waals surface area contributed by atoms with Crippen molar-refractivity contribution < 1.29 is 19.1 Å². The van der Waals surface area contributed by atoms with E-state index in [2.05, 4.69) is 0 Å². The van der Waals surface area contributed by atoms with Gasteiger partial charge in [0.1, 0.15) is 5.70 Å². The number of rotatable bonds is 10. The Labute approximate surface area is 168 Å². The second-order valence-electron chi connectivity index (χ2n) is 7.63. The smallest absolute Gasteiger partial charge is 0.277 e. The molecule has 0 bridgehead atoms. The van der Waals surface area contributed by atoms with E-state index in [1.807, 2.05) is 50.8 Å². The Bertz CT molecular complexity index is 747. The van der Waals surface area contributed by atoms with Gasteiger partial charge >= 0.3 is 0 Å². The molecule has 0 unspecified atom stereocenters. The first kappa shape index (κ1) is 22.1. The lowest BCUT2D eigenvalue weighted by atomic mass is 9.97. The van der Waals surface area contributed by atoms with Crippen LogP contribution < -0.4 is 0 Å². The summed E-state index contributed by atoms with van der Waals surface area (Å²) in [4.78, 5) is 29.9. The predicted octanol–water partition coefficient (Wildman–Crippen LogP) is 2.63. The molecule has 28 heavy (non-hydrogen) atoms. The molecule has 1 aliphatic rings. The van der Waals surface area contributed by atoms with E-state index in [-0.39, 0.29) is 17.7 Å². The number of hydrogen-bond donors (Lipinski definition) is 0. The van der Waals surface area contributed by atoms with Gasteiger partial charge in [0.2, 0.25) is 0 Å². The summed E-state index contributed by atoms with van der Waals surface area (Å²) in [6.07, 6.45) is 0. The highest BCUT2D eigenvalue weighted by Crippen LogP contribution is 2.34. The number of carbonyl (C=O) groups excluding carboxylic acids is 2. The summed E-state index contributed by atoms with van der Waals surface area (Å²) in [6.45, 7) is 10.3. The summed E-state index contributed by atoms with van der Waals surface area (Å²) in [5.41, 5.74) is 3.85. The lowest BCUT2D eigenvalue weighted by Crippen LogP contribution is -2.39. The van der Waals surface area contributed by atoms with Crippen LogP contribution in [0.2, 0.25) is 0 Å². The Morgan fingerprint density at radius 2 is 1.61 bits per heavy atom. The van der Waals surface area contributed by atoms with E-state index in [0.29, 0.717) is 44.1 Å². The van der Waals surface area contributed by atoms with Crippen LogP contribution in [0.25, 0.3) is 5.57 Å². The van der Waals surface area contributed by atoms with Crippen LogP contribution in [0.3, 0.4) is 0 Å². The van der Waals surface area contributed by atoms with Gasteiger partial charge in [-0.2, -0.15) is 0 Å². The Balaban J connectivity index is 2.59. The van der Waals surface area contributed by atoms with Crippen molar-refractivity contribution in [2.45, 2.75) is 27.7 Å². The standard InChI is InChI=1S/C22H32N2O4/c1-15(2)14-24-21(25)19(18-8-7-16(3)13-17(18)4)20(22(24)26)23(9-11-27-5)10-12-28-6/h7-8,13,15H,9-12,14H2,1-6H3. The number of ether oxygens (including phenoxy) is 2. The fraction of sp³-hybridized carbons (Fsp3) is 0.545.